The average Bonchev–Trinajstić information content (AvgIpc) is 2.25. The third kappa shape index (κ3) is 4.02. The van der Waals surface area contributed by atoms with Gasteiger partial charge in [0.2, 0.25) is 0 Å². The Hall–Kier alpha value is -2.15. The van der Waals surface area contributed by atoms with Crippen LogP contribution < -0.4 is 4.90 Å². The maximum atomic E-state index is 12.0. The van der Waals surface area contributed by atoms with Gasteiger partial charge in [0, 0.05) is 5.69 Å². The lowest BCUT2D eigenvalue weighted by molar-refractivity contribution is 0.0585. The molecule has 0 heterocycles. The van der Waals surface area contributed by atoms with Crippen LogP contribution in [0.5, 0.6) is 5.75 Å². The predicted molar refractivity (Wildman–Crippen MR) is 70.5 cm³/mol. The first-order valence-corrected chi connectivity index (χ1v) is 5.56. The summed E-state index contributed by atoms with van der Waals surface area (Å²) in [6.45, 7) is 5.47. The molecule has 0 saturated carbocycles. The van der Waals surface area contributed by atoms with Gasteiger partial charge in [-0.1, -0.05) is 5.92 Å². The molecule has 0 aliphatic rings. The molecule has 0 bridgehead atoms. The number of anilines is 1. The van der Waals surface area contributed by atoms with Crippen molar-refractivity contribution in [3.8, 4) is 18.1 Å². The van der Waals surface area contributed by atoms with Crippen LogP contribution in [0.4, 0.5) is 10.5 Å². The summed E-state index contributed by atoms with van der Waals surface area (Å²) in [5.41, 5.74) is 0.000844. The standard InChI is InChI=1S/C14H17NO3/c1-5-10-15(13(17)18-14(2,3)4)11-6-8-12(16)9-7-11/h1,6-9,16H,10H2,2-4H3. The minimum absolute atomic E-state index is 0.111. The third-order valence-electron chi connectivity index (χ3n) is 2.02. The zero-order valence-corrected chi connectivity index (χ0v) is 10.8. The highest BCUT2D eigenvalue weighted by Crippen LogP contribution is 2.20. The number of ether oxygens (including phenoxy) is 1. The topological polar surface area (TPSA) is 49.8 Å². The van der Waals surface area contributed by atoms with Gasteiger partial charge in [-0.15, -0.1) is 6.42 Å². The fraction of sp³-hybridized carbons (Fsp3) is 0.357. The van der Waals surface area contributed by atoms with Gasteiger partial charge in [0.25, 0.3) is 0 Å². The Morgan fingerprint density at radius 1 is 1.39 bits per heavy atom. The van der Waals surface area contributed by atoms with E-state index in [0.29, 0.717) is 5.69 Å². The average molecular weight is 247 g/mol. The number of amides is 1. The van der Waals surface area contributed by atoms with Crippen LogP contribution in [-0.4, -0.2) is 23.3 Å². The Balaban J connectivity index is 2.93. The highest BCUT2D eigenvalue weighted by Gasteiger charge is 2.22. The fourth-order valence-electron chi connectivity index (χ4n) is 1.30. The van der Waals surface area contributed by atoms with Crippen LogP contribution >= 0.6 is 0 Å². The van der Waals surface area contributed by atoms with E-state index in [9.17, 15) is 9.90 Å². The van der Waals surface area contributed by atoms with E-state index < -0.39 is 11.7 Å². The lowest BCUT2D eigenvalue weighted by Gasteiger charge is -2.26. The lowest BCUT2D eigenvalue weighted by atomic mass is 10.2. The van der Waals surface area contributed by atoms with Crippen molar-refractivity contribution >= 4 is 11.8 Å². The molecule has 0 aliphatic carbocycles. The molecule has 1 amide bonds. The van der Waals surface area contributed by atoms with Gasteiger partial charge in [-0.05, 0) is 45.0 Å². The first kappa shape index (κ1) is 13.9. The van der Waals surface area contributed by atoms with Crippen LogP contribution in [0.1, 0.15) is 20.8 Å². The Morgan fingerprint density at radius 3 is 2.39 bits per heavy atom. The smallest absolute Gasteiger partial charge is 0.415 e. The number of benzene rings is 1. The molecule has 1 rings (SSSR count). The summed E-state index contributed by atoms with van der Waals surface area (Å²) < 4.78 is 5.27. The maximum Gasteiger partial charge on any atom is 0.415 e. The van der Waals surface area contributed by atoms with Crippen LogP contribution in [-0.2, 0) is 4.74 Å². The fourth-order valence-corrected chi connectivity index (χ4v) is 1.30. The molecule has 1 aromatic carbocycles. The monoisotopic (exact) mass is 247 g/mol. The number of aromatic hydroxyl groups is 1. The number of carbonyl (C=O) groups is 1. The molecule has 0 atom stereocenters. The van der Waals surface area contributed by atoms with Gasteiger partial charge in [0.1, 0.15) is 11.4 Å². The summed E-state index contributed by atoms with van der Waals surface area (Å²) in [5, 5.41) is 9.22. The van der Waals surface area contributed by atoms with Gasteiger partial charge in [0.15, 0.2) is 0 Å². The summed E-state index contributed by atoms with van der Waals surface area (Å²) in [6, 6.07) is 6.19. The van der Waals surface area contributed by atoms with Crippen molar-refractivity contribution in [3.05, 3.63) is 24.3 Å². The van der Waals surface area contributed by atoms with Crippen molar-refractivity contribution in [2.45, 2.75) is 26.4 Å². The van der Waals surface area contributed by atoms with Crippen LogP contribution in [0.25, 0.3) is 0 Å². The van der Waals surface area contributed by atoms with Gasteiger partial charge < -0.3 is 9.84 Å². The van der Waals surface area contributed by atoms with Crippen LogP contribution in [0.2, 0.25) is 0 Å². The first-order valence-electron chi connectivity index (χ1n) is 5.56. The summed E-state index contributed by atoms with van der Waals surface area (Å²) >= 11 is 0. The van der Waals surface area contributed by atoms with Gasteiger partial charge in [0.05, 0.1) is 6.54 Å². The Morgan fingerprint density at radius 2 is 1.94 bits per heavy atom. The maximum absolute atomic E-state index is 12.0. The normalized spacial score (nSPS) is 10.6. The quantitative estimate of drug-likeness (QED) is 0.817. The van der Waals surface area contributed by atoms with Crippen molar-refractivity contribution in [2.75, 3.05) is 11.4 Å². The van der Waals surface area contributed by atoms with Crippen LogP contribution in [0.15, 0.2) is 24.3 Å². The summed E-state index contributed by atoms with van der Waals surface area (Å²) in [7, 11) is 0. The van der Waals surface area contributed by atoms with Gasteiger partial charge >= 0.3 is 6.09 Å². The van der Waals surface area contributed by atoms with Crippen LogP contribution in [0, 0.1) is 12.3 Å². The van der Waals surface area contributed by atoms with Gasteiger partial charge in [-0.3, -0.25) is 4.90 Å². The number of hydrogen-bond acceptors (Lipinski definition) is 3. The summed E-state index contributed by atoms with van der Waals surface area (Å²) in [5.74, 6) is 2.54. The number of nitrogens with zero attached hydrogens (tertiary/aromatic N) is 1. The van der Waals surface area contributed by atoms with E-state index >= 15 is 0 Å². The predicted octanol–water partition coefficient (Wildman–Crippen LogP) is 2.77. The molecule has 0 spiro atoms. The van der Waals surface area contributed by atoms with Gasteiger partial charge in [-0.2, -0.15) is 0 Å². The molecule has 4 nitrogen and oxygen atoms in total. The molecule has 1 aromatic rings. The molecule has 96 valence electrons. The Labute approximate surface area is 107 Å². The minimum Gasteiger partial charge on any atom is -0.508 e. The molecule has 18 heavy (non-hydrogen) atoms. The lowest BCUT2D eigenvalue weighted by Crippen LogP contribution is -2.37. The third-order valence-corrected chi connectivity index (χ3v) is 2.02. The molecule has 0 aromatic heterocycles. The van der Waals surface area contributed by atoms with Crippen LogP contribution in [0.3, 0.4) is 0 Å². The molecule has 1 N–H and O–H groups in total. The summed E-state index contributed by atoms with van der Waals surface area (Å²) in [4.78, 5) is 13.3. The molecule has 0 aliphatic heterocycles. The van der Waals surface area contributed by atoms with E-state index in [0.717, 1.165) is 0 Å². The van der Waals surface area contributed by atoms with E-state index in [1.165, 1.54) is 17.0 Å². The largest absolute Gasteiger partial charge is 0.508 e. The van der Waals surface area contributed by atoms with E-state index in [-0.39, 0.29) is 12.3 Å². The summed E-state index contributed by atoms with van der Waals surface area (Å²) in [6.07, 6.45) is 4.74. The molecule has 0 unspecified atom stereocenters. The van der Waals surface area contributed by atoms with Gasteiger partial charge in [-0.25, -0.2) is 4.79 Å². The van der Waals surface area contributed by atoms with Crippen molar-refractivity contribution in [1.29, 1.82) is 0 Å². The first-order chi connectivity index (χ1) is 8.33. The molecule has 0 saturated heterocycles. The number of carbonyl (C=O) groups excluding carboxylic acids is 1. The molecular formula is C14H17NO3. The van der Waals surface area contributed by atoms with Crippen molar-refractivity contribution in [2.24, 2.45) is 0 Å². The zero-order valence-electron chi connectivity index (χ0n) is 10.8. The highest BCUT2D eigenvalue weighted by molar-refractivity contribution is 5.88. The minimum atomic E-state index is -0.582. The molecule has 0 fully saturated rings. The Kier molecular flexibility index (Phi) is 4.22. The second-order valence-electron chi connectivity index (χ2n) is 4.79. The SMILES string of the molecule is C#CCN(C(=O)OC(C)(C)C)c1ccc(O)cc1. The molecule has 0 radical (unpaired) electrons. The second kappa shape index (κ2) is 5.46. The number of hydrogen-bond donors (Lipinski definition) is 1. The molecular weight excluding hydrogens is 230 g/mol. The Bertz CT molecular complexity index is 451. The van der Waals surface area contributed by atoms with Crippen molar-refractivity contribution in [3.63, 3.8) is 0 Å². The number of phenols is 1. The van der Waals surface area contributed by atoms with E-state index in [4.69, 9.17) is 11.2 Å². The van der Waals surface area contributed by atoms with Crippen molar-refractivity contribution in [1.82, 2.24) is 0 Å². The van der Waals surface area contributed by atoms with E-state index in [1.807, 2.05) is 0 Å². The number of rotatable bonds is 2. The van der Waals surface area contributed by atoms with Crippen molar-refractivity contribution < 1.29 is 14.6 Å². The van der Waals surface area contributed by atoms with E-state index in [1.54, 1.807) is 32.9 Å². The second-order valence-corrected chi connectivity index (χ2v) is 4.79. The number of terminal acetylenes is 1. The zero-order chi connectivity index (χ0) is 13.8. The number of phenolic OH excluding ortho intramolecular Hbond substituents is 1. The van der Waals surface area contributed by atoms with E-state index in [2.05, 4.69) is 5.92 Å². The highest BCUT2D eigenvalue weighted by atomic mass is 16.6. The molecule has 4 heteroatoms.